The minimum atomic E-state index is -2.84. The summed E-state index contributed by atoms with van der Waals surface area (Å²) < 4.78 is 23.2. The Morgan fingerprint density at radius 2 is 1.94 bits per heavy atom. The highest BCUT2D eigenvalue weighted by Gasteiger charge is 2.29. The Morgan fingerprint density at radius 3 is 2.53 bits per heavy atom. The van der Waals surface area contributed by atoms with Crippen molar-refractivity contribution in [2.45, 2.75) is 25.7 Å². The van der Waals surface area contributed by atoms with Crippen LogP contribution in [0.2, 0.25) is 0 Å². The minimum Gasteiger partial charge on any atom is -0.508 e. The van der Waals surface area contributed by atoms with Crippen LogP contribution >= 0.6 is 0 Å². The summed E-state index contributed by atoms with van der Waals surface area (Å²) in [4.78, 5) is 0. The molecule has 1 aromatic carbocycles. The van der Waals surface area contributed by atoms with Gasteiger partial charge >= 0.3 is 0 Å². The number of sulfone groups is 1. The van der Waals surface area contributed by atoms with Gasteiger partial charge in [-0.3, -0.25) is 0 Å². The molecule has 0 bridgehead atoms. The molecule has 3 nitrogen and oxygen atoms in total. The van der Waals surface area contributed by atoms with E-state index in [1.165, 1.54) is 0 Å². The van der Waals surface area contributed by atoms with Crippen LogP contribution in [-0.4, -0.2) is 25.0 Å². The van der Waals surface area contributed by atoms with E-state index in [0.29, 0.717) is 11.5 Å². The molecule has 0 spiro atoms. The second kappa shape index (κ2) is 4.69. The second-order valence-corrected chi connectivity index (χ2v) is 7.13. The molecule has 0 radical (unpaired) electrons. The van der Waals surface area contributed by atoms with E-state index in [4.69, 9.17) is 0 Å². The highest BCUT2D eigenvalue weighted by molar-refractivity contribution is 7.91. The third-order valence-electron chi connectivity index (χ3n) is 3.62. The van der Waals surface area contributed by atoms with Crippen LogP contribution in [0.15, 0.2) is 24.3 Å². The molecule has 4 heteroatoms. The number of phenolic OH excluding ortho intramolecular Hbond substituents is 1. The number of hydrogen-bond acceptors (Lipinski definition) is 3. The average molecular weight is 254 g/mol. The molecular formula is C13H18O3S. The van der Waals surface area contributed by atoms with Crippen molar-refractivity contribution in [3.05, 3.63) is 29.8 Å². The number of aromatic hydroxyl groups is 1. The van der Waals surface area contributed by atoms with Gasteiger partial charge in [0.15, 0.2) is 9.84 Å². The molecule has 2 unspecified atom stereocenters. The van der Waals surface area contributed by atoms with Crippen molar-refractivity contribution in [3.8, 4) is 5.75 Å². The van der Waals surface area contributed by atoms with Crippen LogP contribution in [0.25, 0.3) is 0 Å². The Bertz CT molecular complexity index is 476. The van der Waals surface area contributed by atoms with Gasteiger partial charge in [-0.2, -0.15) is 0 Å². The molecule has 94 valence electrons. The molecule has 1 aliphatic rings. The lowest BCUT2D eigenvalue weighted by Gasteiger charge is -2.27. The minimum absolute atomic E-state index is 0.207. The highest BCUT2D eigenvalue weighted by Crippen LogP contribution is 2.32. The number of phenols is 1. The van der Waals surface area contributed by atoms with E-state index in [1.54, 1.807) is 12.1 Å². The Morgan fingerprint density at radius 1 is 1.29 bits per heavy atom. The predicted molar refractivity (Wildman–Crippen MR) is 67.9 cm³/mol. The predicted octanol–water partition coefficient (Wildman–Crippen LogP) is 2.32. The van der Waals surface area contributed by atoms with Crippen molar-refractivity contribution in [2.75, 3.05) is 11.5 Å². The molecular weight excluding hydrogens is 236 g/mol. The zero-order valence-corrected chi connectivity index (χ0v) is 10.8. The van der Waals surface area contributed by atoms with Gasteiger partial charge in [-0.1, -0.05) is 19.1 Å². The highest BCUT2D eigenvalue weighted by atomic mass is 32.2. The number of rotatable bonds is 2. The fourth-order valence-corrected chi connectivity index (χ4v) is 4.38. The zero-order valence-electron chi connectivity index (χ0n) is 9.96. The van der Waals surface area contributed by atoms with Crippen LogP contribution in [-0.2, 0) is 9.84 Å². The van der Waals surface area contributed by atoms with Crippen LogP contribution < -0.4 is 0 Å². The van der Waals surface area contributed by atoms with Gasteiger partial charge in [-0.15, -0.1) is 0 Å². The normalized spacial score (nSPS) is 25.4. The molecule has 1 heterocycles. The van der Waals surface area contributed by atoms with E-state index in [9.17, 15) is 13.5 Å². The SMILES string of the molecule is CC(c1ccc(O)cc1)C1CCCS(=O)(=O)C1. The van der Waals surface area contributed by atoms with Crippen molar-refractivity contribution in [2.24, 2.45) is 5.92 Å². The van der Waals surface area contributed by atoms with Crippen molar-refractivity contribution >= 4 is 9.84 Å². The first-order chi connectivity index (χ1) is 7.98. The molecule has 0 saturated carbocycles. The van der Waals surface area contributed by atoms with Gasteiger partial charge in [0, 0.05) is 0 Å². The van der Waals surface area contributed by atoms with Gasteiger partial charge < -0.3 is 5.11 Å². The van der Waals surface area contributed by atoms with Crippen molar-refractivity contribution in [1.29, 1.82) is 0 Å². The molecule has 1 saturated heterocycles. The van der Waals surface area contributed by atoms with E-state index >= 15 is 0 Å². The summed E-state index contributed by atoms with van der Waals surface area (Å²) in [6.45, 7) is 2.07. The lowest BCUT2D eigenvalue weighted by Crippen LogP contribution is -2.28. The van der Waals surface area contributed by atoms with Gasteiger partial charge in [-0.25, -0.2) is 8.42 Å². The first-order valence-electron chi connectivity index (χ1n) is 5.97. The van der Waals surface area contributed by atoms with Crippen molar-refractivity contribution < 1.29 is 13.5 Å². The molecule has 1 aromatic rings. The Hall–Kier alpha value is -1.03. The molecule has 1 fully saturated rings. The van der Waals surface area contributed by atoms with Gasteiger partial charge in [-0.05, 0) is 42.4 Å². The third kappa shape index (κ3) is 3.00. The van der Waals surface area contributed by atoms with E-state index in [0.717, 1.165) is 18.4 Å². The maximum Gasteiger partial charge on any atom is 0.150 e. The van der Waals surface area contributed by atoms with Crippen molar-refractivity contribution in [3.63, 3.8) is 0 Å². The first-order valence-corrected chi connectivity index (χ1v) is 7.79. The van der Waals surface area contributed by atoms with E-state index < -0.39 is 9.84 Å². The standard InChI is InChI=1S/C13H18O3S/c1-10(11-4-6-13(14)7-5-11)12-3-2-8-17(15,16)9-12/h4-7,10,12,14H,2-3,8-9H2,1H3. The molecule has 0 amide bonds. The Kier molecular flexibility index (Phi) is 3.43. The smallest absolute Gasteiger partial charge is 0.150 e. The topological polar surface area (TPSA) is 54.4 Å². The van der Waals surface area contributed by atoms with Gasteiger partial charge in [0.2, 0.25) is 0 Å². The van der Waals surface area contributed by atoms with Gasteiger partial charge in [0.05, 0.1) is 11.5 Å². The maximum atomic E-state index is 11.6. The van der Waals surface area contributed by atoms with E-state index in [-0.39, 0.29) is 17.6 Å². The van der Waals surface area contributed by atoms with E-state index in [2.05, 4.69) is 6.92 Å². The van der Waals surface area contributed by atoms with Crippen LogP contribution in [0.5, 0.6) is 5.75 Å². The summed E-state index contributed by atoms with van der Waals surface area (Å²) in [5.41, 5.74) is 1.10. The van der Waals surface area contributed by atoms with Gasteiger partial charge in [0.1, 0.15) is 5.75 Å². The molecule has 0 aromatic heterocycles. The fraction of sp³-hybridized carbons (Fsp3) is 0.538. The molecule has 17 heavy (non-hydrogen) atoms. The molecule has 1 aliphatic heterocycles. The fourth-order valence-electron chi connectivity index (χ4n) is 2.50. The van der Waals surface area contributed by atoms with Crippen LogP contribution in [0.4, 0.5) is 0 Å². The molecule has 0 aliphatic carbocycles. The Labute approximate surface area is 102 Å². The first kappa shape index (κ1) is 12.4. The van der Waals surface area contributed by atoms with Gasteiger partial charge in [0.25, 0.3) is 0 Å². The Balaban J connectivity index is 2.14. The number of hydrogen-bond donors (Lipinski definition) is 1. The number of benzene rings is 1. The second-order valence-electron chi connectivity index (χ2n) is 4.90. The lowest BCUT2D eigenvalue weighted by molar-refractivity contribution is 0.426. The molecule has 1 N–H and O–H groups in total. The monoisotopic (exact) mass is 254 g/mol. The summed E-state index contributed by atoms with van der Waals surface area (Å²) in [5, 5.41) is 9.24. The summed E-state index contributed by atoms with van der Waals surface area (Å²) in [6, 6.07) is 7.06. The largest absolute Gasteiger partial charge is 0.508 e. The molecule has 2 atom stereocenters. The third-order valence-corrected chi connectivity index (χ3v) is 5.47. The summed E-state index contributed by atoms with van der Waals surface area (Å²) in [5.74, 6) is 1.32. The average Bonchev–Trinajstić information content (AvgIpc) is 2.28. The van der Waals surface area contributed by atoms with Crippen molar-refractivity contribution in [1.82, 2.24) is 0 Å². The summed E-state index contributed by atoms with van der Waals surface area (Å²) in [6.07, 6.45) is 1.75. The zero-order chi connectivity index (χ0) is 12.5. The van der Waals surface area contributed by atoms with Crippen LogP contribution in [0.3, 0.4) is 0 Å². The lowest BCUT2D eigenvalue weighted by atomic mass is 9.86. The summed E-state index contributed by atoms with van der Waals surface area (Å²) in [7, 11) is -2.84. The van der Waals surface area contributed by atoms with Crippen LogP contribution in [0, 0.1) is 5.92 Å². The maximum absolute atomic E-state index is 11.6. The van der Waals surface area contributed by atoms with Crippen LogP contribution in [0.1, 0.15) is 31.2 Å². The molecule has 2 rings (SSSR count). The summed E-state index contributed by atoms with van der Waals surface area (Å²) >= 11 is 0. The quantitative estimate of drug-likeness (QED) is 0.881. The van der Waals surface area contributed by atoms with E-state index in [1.807, 2.05) is 12.1 Å².